The summed E-state index contributed by atoms with van der Waals surface area (Å²) in [6.45, 7) is 0.746. The molecule has 1 aliphatic rings. The van der Waals surface area contributed by atoms with Gasteiger partial charge in [0.25, 0.3) is 0 Å². The van der Waals surface area contributed by atoms with Crippen LogP contribution in [0.5, 0.6) is 11.5 Å². The quantitative estimate of drug-likeness (QED) is 0.873. The van der Waals surface area contributed by atoms with Gasteiger partial charge in [0, 0.05) is 6.54 Å². The second-order valence-electron chi connectivity index (χ2n) is 6.19. The third-order valence-corrected chi connectivity index (χ3v) is 4.73. The lowest BCUT2D eigenvalue weighted by Gasteiger charge is -2.32. The number of benzene rings is 2. The summed E-state index contributed by atoms with van der Waals surface area (Å²) in [7, 11) is 3.27. The summed E-state index contributed by atoms with van der Waals surface area (Å²) in [6, 6.07) is 15.0. The fraction of sp³-hybridized carbons (Fsp3) is 0.350. The van der Waals surface area contributed by atoms with Gasteiger partial charge in [0.1, 0.15) is 17.5 Å². The Balaban J connectivity index is 2.08. The average molecular weight is 341 g/mol. The average Bonchev–Trinajstić information content (AvgIpc) is 3.12. The molecule has 1 aliphatic heterocycles. The number of carboxylic acid groups (broad SMARTS) is 1. The van der Waals surface area contributed by atoms with E-state index < -0.39 is 12.0 Å². The first kappa shape index (κ1) is 17.3. The molecular weight excluding hydrogens is 318 g/mol. The smallest absolute Gasteiger partial charge is 0.320 e. The molecular formula is C20H23NO4. The Morgan fingerprint density at radius 1 is 1.08 bits per heavy atom. The van der Waals surface area contributed by atoms with Gasteiger partial charge in [0.2, 0.25) is 0 Å². The minimum Gasteiger partial charge on any atom is -0.497 e. The van der Waals surface area contributed by atoms with Crippen molar-refractivity contribution in [2.75, 3.05) is 20.8 Å². The van der Waals surface area contributed by atoms with E-state index in [-0.39, 0.29) is 6.04 Å². The van der Waals surface area contributed by atoms with E-state index in [4.69, 9.17) is 9.47 Å². The minimum atomic E-state index is -0.770. The van der Waals surface area contributed by atoms with E-state index in [9.17, 15) is 9.90 Å². The first-order valence-electron chi connectivity index (χ1n) is 8.40. The zero-order valence-corrected chi connectivity index (χ0v) is 14.5. The molecule has 0 bridgehead atoms. The maximum Gasteiger partial charge on any atom is 0.320 e. The van der Waals surface area contributed by atoms with Crippen molar-refractivity contribution in [3.8, 4) is 11.5 Å². The van der Waals surface area contributed by atoms with Crippen LogP contribution >= 0.6 is 0 Å². The molecule has 1 atom stereocenters. The Hall–Kier alpha value is -2.53. The molecule has 2 aromatic carbocycles. The predicted molar refractivity (Wildman–Crippen MR) is 95.2 cm³/mol. The molecule has 3 rings (SSSR count). The summed E-state index contributed by atoms with van der Waals surface area (Å²) in [6.07, 6.45) is 1.54. The van der Waals surface area contributed by atoms with Gasteiger partial charge >= 0.3 is 5.97 Å². The highest BCUT2D eigenvalue weighted by atomic mass is 16.5. The molecule has 0 radical (unpaired) electrons. The topological polar surface area (TPSA) is 59.0 Å². The van der Waals surface area contributed by atoms with Crippen LogP contribution in [-0.2, 0) is 4.79 Å². The molecule has 0 spiro atoms. The molecule has 0 aromatic heterocycles. The van der Waals surface area contributed by atoms with Crippen LogP contribution in [0.4, 0.5) is 0 Å². The molecule has 1 saturated heterocycles. The number of rotatable bonds is 6. The number of nitrogens with zero attached hydrogens (tertiary/aromatic N) is 1. The van der Waals surface area contributed by atoms with E-state index in [1.807, 2.05) is 48.5 Å². The molecule has 132 valence electrons. The van der Waals surface area contributed by atoms with Crippen LogP contribution in [0.1, 0.15) is 30.0 Å². The van der Waals surface area contributed by atoms with E-state index in [1.54, 1.807) is 14.2 Å². The number of carboxylic acids is 1. The molecule has 1 N–H and O–H groups in total. The van der Waals surface area contributed by atoms with Crippen LogP contribution in [0.3, 0.4) is 0 Å². The summed E-state index contributed by atoms with van der Waals surface area (Å²) < 4.78 is 10.7. The standard InChI is InChI=1S/C20H23NO4/c1-24-16-8-3-6-14(12-16)19(15-7-4-9-17(13-15)25-2)21-11-5-10-18(21)20(22)23/h3-4,6-9,12-13,18-19H,5,10-11H2,1-2H3,(H,22,23). The monoisotopic (exact) mass is 341 g/mol. The predicted octanol–water partition coefficient (Wildman–Crippen LogP) is 3.34. The van der Waals surface area contributed by atoms with Crippen LogP contribution in [0.2, 0.25) is 0 Å². The Kier molecular flexibility index (Phi) is 5.24. The molecule has 5 nitrogen and oxygen atoms in total. The highest BCUT2D eigenvalue weighted by Crippen LogP contribution is 2.37. The lowest BCUT2D eigenvalue weighted by atomic mass is 9.96. The molecule has 0 amide bonds. The molecule has 0 saturated carbocycles. The van der Waals surface area contributed by atoms with E-state index in [1.165, 1.54) is 0 Å². The summed E-state index contributed by atoms with van der Waals surface area (Å²) in [5, 5.41) is 9.64. The van der Waals surface area contributed by atoms with Gasteiger partial charge in [-0.3, -0.25) is 9.69 Å². The van der Waals surface area contributed by atoms with Gasteiger partial charge in [-0.2, -0.15) is 0 Å². The number of likely N-dealkylation sites (tertiary alicyclic amines) is 1. The second kappa shape index (κ2) is 7.57. The molecule has 25 heavy (non-hydrogen) atoms. The summed E-state index contributed by atoms with van der Waals surface area (Å²) in [4.78, 5) is 13.8. The summed E-state index contributed by atoms with van der Waals surface area (Å²) in [5.41, 5.74) is 2.03. The zero-order chi connectivity index (χ0) is 17.8. The first-order chi connectivity index (χ1) is 12.1. The van der Waals surface area contributed by atoms with Gasteiger partial charge < -0.3 is 14.6 Å². The summed E-state index contributed by atoms with van der Waals surface area (Å²) in [5.74, 6) is 0.751. The Labute approximate surface area is 147 Å². The third kappa shape index (κ3) is 3.61. The van der Waals surface area contributed by atoms with Crippen LogP contribution in [0.15, 0.2) is 48.5 Å². The minimum absolute atomic E-state index is 0.159. The normalized spacial score (nSPS) is 17.6. The molecule has 1 heterocycles. The summed E-state index contributed by atoms with van der Waals surface area (Å²) >= 11 is 0. The van der Waals surface area contributed by atoms with Crippen molar-refractivity contribution in [3.05, 3.63) is 59.7 Å². The molecule has 1 unspecified atom stereocenters. The highest BCUT2D eigenvalue weighted by molar-refractivity contribution is 5.74. The number of hydrogen-bond acceptors (Lipinski definition) is 4. The van der Waals surface area contributed by atoms with Crippen molar-refractivity contribution in [1.82, 2.24) is 4.90 Å². The number of aliphatic carboxylic acids is 1. The van der Waals surface area contributed by atoms with Crippen molar-refractivity contribution >= 4 is 5.97 Å². The number of ether oxygens (including phenoxy) is 2. The van der Waals surface area contributed by atoms with Gasteiger partial charge in [-0.15, -0.1) is 0 Å². The van der Waals surface area contributed by atoms with E-state index in [0.29, 0.717) is 6.42 Å². The Morgan fingerprint density at radius 2 is 1.64 bits per heavy atom. The Bertz CT molecular complexity index is 698. The van der Waals surface area contributed by atoms with Gasteiger partial charge in [-0.05, 0) is 48.2 Å². The highest BCUT2D eigenvalue weighted by Gasteiger charge is 2.37. The Morgan fingerprint density at radius 3 is 2.12 bits per heavy atom. The third-order valence-electron chi connectivity index (χ3n) is 4.73. The van der Waals surface area contributed by atoms with E-state index in [0.717, 1.165) is 35.6 Å². The van der Waals surface area contributed by atoms with Gasteiger partial charge in [-0.1, -0.05) is 24.3 Å². The second-order valence-corrected chi connectivity index (χ2v) is 6.19. The van der Waals surface area contributed by atoms with Crippen LogP contribution in [0, 0.1) is 0 Å². The first-order valence-corrected chi connectivity index (χ1v) is 8.40. The van der Waals surface area contributed by atoms with Crippen molar-refractivity contribution < 1.29 is 19.4 Å². The fourth-order valence-corrected chi connectivity index (χ4v) is 3.56. The number of hydrogen-bond donors (Lipinski definition) is 1. The van der Waals surface area contributed by atoms with Crippen LogP contribution in [0.25, 0.3) is 0 Å². The van der Waals surface area contributed by atoms with Crippen LogP contribution < -0.4 is 9.47 Å². The maximum absolute atomic E-state index is 11.7. The van der Waals surface area contributed by atoms with Crippen molar-refractivity contribution in [1.29, 1.82) is 0 Å². The van der Waals surface area contributed by atoms with Crippen LogP contribution in [-0.4, -0.2) is 42.8 Å². The lowest BCUT2D eigenvalue weighted by molar-refractivity contribution is -0.142. The van der Waals surface area contributed by atoms with Gasteiger partial charge in [0.05, 0.1) is 20.3 Å². The lowest BCUT2D eigenvalue weighted by Crippen LogP contribution is -2.39. The molecule has 5 heteroatoms. The van der Waals surface area contributed by atoms with Gasteiger partial charge in [-0.25, -0.2) is 0 Å². The molecule has 1 fully saturated rings. The van der Waals surface area contributed by atoms with Gasteiger partial charge in [0.15, 0.2) is 0 Å². The van der Waals surface area contributed by atoms with Crippen molar-refractivity contribution in [3.63, 3.8) is 0 Å². The number of methoxy groups -OCH3 is 2. The number of carbonyl (C=O) groups is 1. The van der Waals surface area contributed by atoms with E-state index >= 15 is 0 Å². The fourth-order valence-electron chi connectivity index (χ4n) is 3.56. The van der Waals surface area contributed by atoms with Crippen molar-refractivity contribution in [2.24, 2.45) is 0 Å². The van der Waals surface area contributed by atoms with E-state index in [2.05, 4.69) is 4.90 Å². The largest absolute Gasteiger partial charge is 0.497 e. The SMILES string of the molecule is COc1cccc(C(c2cccc(OC)c2)N2CCCC2C(=O)O)c1. The van der Waals surface area contributed by atoms with Crippen molar-refractivity contribution in [2.45, 2.75) is 24.9 Å². The molecule has 0 aliphatic carbocycles. The zero-order valence-electron chi connectivity index (χ0n) is 14.5. The maximum atomic E-state index is 11.7. The molecule has 2 aromatic rings.